The highest BCUT2D eigenvalue weighted by Crippen LogP contribution is 2.27. The van der Waals surface area contributed by atoms with Gasteiger partial charge in [0.15, 0.2) is 17.2 Å². The van der Waals surface area contributed by atoms with Gasteiger partial charge < -0.3 is 24.6 Å². The van der Waals surface area contributed by atoms with E-state index in [9.17, 15) is 14.7 Å². The topological polar surface area (TPSA) is 107 Å². The van der Waals surface area contributed by atoms with Crippen molar-refractivity contribution in [3.8, 4) is 11.5 Å². The lowest BCUT2D eigenvalue weighted by Crippen LogP contribution is -2.41. The first-order valence-electron chi connectivity index (χ1n) is 9.78. The van der Waals surface area contributed by atoms with Crippen molar-refractivity contribution < 1.29 is 28.9 Å². The van der Waals surface area contributed by atoms with E-state index in [0.29, 0.717) is 6.61 Å². The van der Waals surface area contributed by atoms with Crippen LogP contribution in [0.1, 0.15) is 49.3 Å². The normalized spacial score (nSPS) is 13.7. The molecule has 0 aliphatic rings. The summed E-state index contributed by atoms with van der Waals surface area (Å²) >= 11 is 0. The van der Waals surface area contributed by atoms with Crippen molar-refractivity contribution >= 4 is 11.9 Å². The van der Waals surface area contributed by atoms with Gasteiger partial charge in [-0.3, -0.25) is 4.79 Å². The SMILES string of the molecule is CCCO[C@@H](c1ccccc1)[C@H](C)OC(=O)[C@H](C)NC(=O)c1nccc(OC)c1O. The Morgan fingerprint density at radius 3 is 2.50 bits per heavy atom. The molecule has 1 aromatic carbocycles. The number of esters is 1. The number of benzene rings is 1. The largest absolute Gasteiger partial charge is 0.503 e. The van der Waals surface area contributed by atoms with Crippen molar-refractivity contribution in [1.29, 1.82) is 0 Å². The molecular formula is C22H28N2O6. The van der Waals surface area contributed by atoms with Crippen LogP contribution in [-0.2, 0) is 14.3 Å². The summed E-state index contributed by atoms with van der Waals surface area (Å²) in [6, 6.07) is 9.96. The number of carbonyl (C=O) groups is 2. The number of aromatic hydroxyl groups is 1. The van der Waals surface area contributed by atoms with Gasteiger partial charge in [0.2, 0.25) is 0 Å². The van der Waals surface area contributed by atoms with Crippen LogP contribution in [-0.4, -0.2) is 47.8 Å². The average molecular weight is 416 g/mol. The van der Waals surface area contributed by atoms with Crippen molar-refractivity contribution in [1.82, 2.24) is 10.3 Å². The third kappa shape index (κ3) is 5.93. The van der Waals surface area contributed by atoms with Crippen LogP contribution in [0.2, 0.25) is 0 Å². The molecule has 0 aliphatic heterocycles. The Balaban J connectivity index is 2.03. The monoisotopic (exact) mass is 416 g/mol. The van der Waals surface area contributed by atoms with Gasteiger partial charge in [-0.25, -0.2) is 9.78 Å². The molecular weight excluding hydrogens is 388 g/mol. The number of methoxy groups -OCH3 is 1. The molecule has 2 aromatic rings. The Bertz CT molecular complexity index is 843. The van der Waals surface area contributed by atoms with Crippen LogP contribution < -0.4 is 10.1 Å². The number of carbonyl (C=O) groups excluding carboxylic acids is 2. The van der Waals surface area contributed by atoms with Crippen molar-refractivity contribution in [3.63, 3.8) is 0 Å². The molecule has 0 radical (unpaired) electrons. The molecule has 0 fully saturated rings. The molecule has 0 saturated heterocycles. The van der Waals surface area contributed by atoms with E-state index in [1.165, 1.54) is 26.3 Å². The summed E-state index contributed by atoms with van der Waals surface area (Å²) in [5, 5.41) is 12.5. The lowest BCUT2D eigenvalue weighted by atomic mass is 10.1. The zero-order valence-corrected chi connectivity index (χ0v) is 17.6. The number of ether oxygens (including phenoxy) is 3. The number of aromatic nitrogens is 1. The number of amides is 1. The molecule has 2 rings (SSSR count). The first-order valence-corrected chi connectivity index (χ1v) is 9.78. The quantitative estimate of drug-likeness (QED) is 0.573. The molecule has 0 spiro atoms. The first-order chi connectivity index (χ1) is 14.4. The second-order valence-corrected chi connectivity index (χ2v) is 6.75. The number of nitrogens with one attached hydrogen (secondary N) is 1. The van der Waals surface area contributed by atoms with Crippen molar-refractivity contribution in [2.45, 2.75) is 45.4 Å². The van der Waals surface area contributed by atoms with Crippen LogP contribution in [0, 0.1) is 0 Å². The van der Waals surface area contributed by atoms with Crippen molar-refractivity contribution in [2.24, 2.45) is 0 Å². The van der Waals surface area contributed by atoms with Crippen LogP contribution in [0.25, 0.3) is 0 Å². The van der Waals surface area contributed by atoms with Crippen LogP contribution >= 0.6 is 0 Å². The van der Waals surface area contributed by atoms with Gasteiger partial charge in [0.05, 0.1) is 7.11 Å². The molecule has 162 valence electrons. The third-order valence-corrected chi connectivity index (χ3v) is 4.38. The highest BCUT2D eigenvalue weighted by Gasteiger charge is 2.27. The Morgan fingerprint density at radius 2 is 1.87 bits per heavy atom. The third-order valence-electron chi connectivity index (χ3n) is 4.38. The predicted molar refractivity (Wildman–Crippen MR) is 110 cm³/mol. The number of hydrogen-bond donors (Lipinski definition) is 2. The fourth-order valence-corrected chi connectivity index (χ4v) is 2.83. The minimum atomic E-state index is -0.963. The number of pyridine rings is 1. The zero-order valence-electron chi connectivity index (χ0n) is 17.6. The number of nitrogens with zero attached hydrogens (tertiary/aromatic N) is 1. The van der Waals surface area contributed by atoms with Gasteiger partial charge in [-0.05, 0) is 25.8 Å². The van der Waals surface area contributed by atoms with Gasteiger partial charge in [-0.1, -0.05) is 37.3 Å². The maximum atomic E-state index is 12.5. The number of hydrogen-bond acceptors (Lipinski definition) is 7. The van der Waals surface area contributed by atoms with Gasteiger partial charge >= 0.3 is 5.97 Å². The lowest BCUT2D eigenvalue weighted by molar-refractivity contribution is -0.158. The van der Waals surface area contributed by atoms with E-state index in [1.807, 2.05) is 37.3 Å². The van der Waals surface area contributed by atoms with E-state index in [2.05, 4.69) is 10.3 Å². The Labute approximate surface area is 176 Å². The summed E-state index contributed by atoms with van der Waals surface area (Å²) < 4.78 is 16.4. The highest BCUT2D eigenvalue weighted by atomic mass is 16.6. The van der Waals surface area contributed by atoms with Gasteiger partial charge in [0.1, 0.15) is 18.2 Å². The molecule has 0 bridgehead atoms. The van der Waals surface area contributed by atoms with Crippen molar-refractivity contribution in [2.75, 3.05) is 13.7 Å². The minimum absolute atomic E-state index is 0.109. The molecule has 0 saturated carbocycles. The molecule has 2 N–H and O–H groups in total. The van der Waals surface area contributed by atoms with E-state index in [4.69, 9.17) is 14.2 Å². The molecule has 8 heteroatoms. The van der Waals surface area contributed by atoms with E-state index in [0.717, 1.165) is 12.0 Å². The van der Waals surface area contributed by atoms with Crippen LogP contribution in [0.5, 0.6) is 11.5 Å². The average Bonchev–Trinajstić information content (AvgIpc) is 2.74. The molecule has 8 nitrogen and oxygen atoms in total. The Morgan fingerprint density at radius 1 is 1.17 bits per heavy atom. The van der Waals surface area contributed by atoms with Crippen LogP contribution in [0.4, 0.5) is 0 Å². The molecule has 30 heavy (non-hydrogen) atoms. The van der Waals surface area contributed by atoms with Gasteiger partial charge in [-0.15, -0.1) is 0 Å². The highest BCUT2D eigenvalue weighted by molar-refractivity contribution is 5.97. The summed E-state index contributed by atoms with van der Waals surface area (Å²) in [5.41, 5.74) is 0.656. The van der Waals surface area contributed by atoms with E-state index < -0.39 is 35.9 Å². The van der Waals surface area contributed by atoms with Crippen LogP contribution in [0.3, 0.4) is 0 Å². The first kappa shape index (κ1) is 23.2. The molecule has 1 heterocycles. The van der Waals surface area contributed by atoms with E-state index >= 15 is 0 Å². The Hall–Kier alpha value is -3.13. The van der Waals surface area contributed by atoms with E-state index in [-0.39, 0.29) is 11.4 Å². The summed E-state index contributed by atoms with van der Waals surface area (Å²) in [6.07, 6.45) is 1.15. The van der Waals surface area contributed by atoms with Crippen LogP contribution in [0.15, 0.2) is 42.6 Å². The fraction of sp³-hybridized carbons (Fsp3) is 0.409. The van der Waals surface area contributed by atoms with Gasteiger partial charge in [0, 0.05) is 18.9 Å². The van der Waals surface area contributed by atoms with E-state index in [1.54, 1.807) is 6.92 Å². The summed E-state index contributed by atoms with van der Waals surface area (Å²) in [6.45, 7) is 5.76. The van der Waals surface area contributed by atoms with Crippen molar-refractivity contribution in [3.05, 3.63) is 53.9 Å². The number of rotatable bonds is 10. The zero-order chi connectivity index (χ0) is 22.1. The second-order valence-electron chi connectivity index (χ2n) is 6.75. The second kappa shape index (κ2) is 11.2. The lowest BCUT2D eigenvalue weighted by Gasteiger charge is -2.26. The molecule has 1 aromatic heterocycles. The Kier molecular flexibility index (Phi) is 8.61. The molecule has 1 amide bonds. The molecule has 0 aliphatic carbocycles. The summed E-state index contributed by atoms with van der Waals surface area (Å²) in [5.74, 6) is -1.63. The maximum absolute atomic E-state index is 12.5. The standard InChI is InChI=1S/C22H28N2O6/c1-5-13-29-20(16-9-7-6-8-10-16)15(3)30-22(27)14(2)24-21(26)18-19(25)17(28-4)11-12-23-18/h6-12,14-15,20,25H,5,13H2,1-4H3,(H,24,26)/t14-,15-,20+/m0/s1. The van der Waals surface area contributed by atoms with Gasteiger partial charge in [0.25, 0.3) is 5.91 Å². The van der Waals surface area contributed by atoms with Gasteiger partial charge in [-0.2, -0.15) is 0 Å². The molecule has 0 unspecified atom stereocenters. The maximum Gasteiger partial charge on any atom is 0.328 e. The minimum Gasteiger partial charge on any atom is -0.503 e. The fourth-order valence-electron chi connectivity index (χ4n) is 2.83. The predicted octanol–water partition coefficient (Wildman–Crippen LogP) is 3.01. The molecule has 3 atom stereocenters. The smallest absolute Gasteiger partial charge is 0.328 e. The summed E-state index contributed by atoms with van der Waals surface area (Å²) in [4.78, 5) is 28.8. The summed E-state index contributed by atoms with van der Waals surface area (Å²) in [7, 11) is 1.36.